The van der Waals surface area contributed by atoms with E-state index in [1.165, 1.54) is 0 Å². The van der Waals surface area contributed by atoms with Crippen LogP contribution >= 0.6 is 7.82 Å². The Kier molecular flexibility index (Phi) is 13.1. The Morgan fingerprint density at radius 2 is 1.44 bits per heavy atom. The van der Waals surface area contributed by atoms with Crippen LogP contribution in [0.4, 0.5) is 0 Å². The third-order valence-electron chi connectivity index (χ3n) is 7.71. The third kappa shape index (κ3) is 10.1. The second-order valence-corrected chi connectivity index (χ2v) is 13.9. The average Bonchev–Trinajstić information content (AvgIpc) is 3.43. The number of phosphoric ester groups is 1. The van der Waals surface area contributed by atoms with Crippen LogP contribution in [0.15, 0.2) is 72.5 Å². The molecular weight excluding hydrogens is 639 g/mol. The van der Waals surface area contributed by atoms with E-state index >= 15 is 0 Å². The number of hydrogen-bond donors (Lipinski definition) is 0. The van der Waals surface area contributed by atoms with Gasteiger partial charge in [0.1, 0.15) is 12.5 Å². The van der Waals surface area contributed by atoms with Crippen molar-refractivity contribution in [3.05, 3.63) is 78.1 Å². The topological polar surface area (TPSA) is 121 Å². The number of carbonyl (C=O) groups is 2. The molecule has 3 heterocycles. The monoisotopic (exact) mass is 686 g/mol. The second kappa shape index (κ2) is 17.0. The molecule has 0 spiro atoms. The van der Waals surface area contributed by atoms with Gasteiger partial charge in [0.05, 0.1) is 23.8 Å². The summed E-state index contributed by atoms with van der Waals surface area (Å²) in [7, 11) is 1.12. The molecule has 1 aromatic carbocycles. The summed E-state index contributed by atoms with van der Waals surface area (Å²) in [5, 5.41) is 0.983. The van der Waals surface area contributed by atoms with Gasteiger partial charge in [-0.3, -0.25) is 4.52 Å². The van der Waals surface area contributed by atoms with Gasteiger partial charge >= 0.3 is 19.8 Å². The molecule has 0 radical (unpaired) electrons. The fraction of sp³-hybridized carbons (Fsp3) is 0.471. The van der Waals surface area contributed by atoms with Gasteiger partial charge in [0.2, 0.25) is 13.6 Å². The number of carbonyl (C=O) groups excluding carboxylic acids is 2. The lowest BCUT2D eigenvalue weighted by Crippen LogP contribution is -2.24. The highest BCUT2D eigenvalue weighted by Crippen LogP contribution is 2.50. The number of esters is 2. The van der Waals surface area contributed by atoms with Crippen LogP contribution < -0.4 is 4.74 Å². The van der Waals surface area contributed by atoms with Crippen LogP contribution in [-0.2, 0) is 50.4 Å². The summed E-state index contributed by atoms with van der Waals surface area (Å²) in [6.45, 7) is 7.10. The van der Waals surface area contributed by atoms with Crippen LogP contribution in [0.25, 0.3) is 10.9 Å². The van der Waals surface area contributed by atoms with Crippen LogP contribution in [0.3, 0.4) is 0 Å². The van der Waals surface area contributed by atoms with Crippen LogP contribution in [0.1, 0.15) is 46.1 Å². The quantitative estimate of drug-likeness (QED) is 0.112. The van der Waals surface area contributed by atoms with Crippen molar-refractivity contribution in [3.63, 3.8) is 0 Å². The summed E-state index contributed by atoms with van der Waals surface area (Å²) in [5.74, 6) is -0.630. The summed E-state index contributed by atoms with van der Waals surface area (Å²) in [6.07, 6.45) is 14.3. The molecule has 13 nitrogen and oxygen atoms in total. The molecule has 262 valence electrons. The first-order valence-corrected chi connectivity index (χ1v) is 17.3. The van der Waals surface area contributed by atoms with E-state index in [1.807, 2.05) is 101 Å². The maximum absolute atomic E-state index is 13.9. The van der Waals surface area contributed by atoms with Gasteiger partial charge in [-0.15, -0.1) is 0 Å². The van der Waals surface area contributed by atoms with Crippen LogP contribution in [0.5, 0.6) is 5.75 Å². The first-order chi connectivity index (χ1) is 22.9. The van der Waals surface area contributed by atoms with E-state index in [4.69, 9.17) is 27.8 Å². The molecule has 2 aliphatic heterocycles. The number of rotatable bonds is 17. The van der Waals surface area contributed by atoms with E-state index in [0.717, 1.165) is 29.4 Å². The molecule has 1 aromatic heterocycles. The summed E-state index contributed by atoms with van der Waals surface area (Å²) in [5.41, 5.74) is 2.65. The maximum Gasteiger partial charge on any atom is 0.482 e. The number of nitrogens with zero attached hydrogens (tertiary/aromatic N) is 4. The molecule has 0 bridgehead atoms. The van der Waals surface area contributed by atoms with E-state index in [0.29, 0.717) is 29.7 Å². The summed E-state index contributed by atoms with van der Waals surface area (Å²) >= 11 is 0. The predicted molar refractivity (Wildman–Crippen MR) is 181 cm³/mol. The first kappa shape index (κ1) is 37.0. The van der Waals surface area contributed by atoms with Crippen molar-refractivity contribution in [3.8, 4) is 5.75 Å². The summed E-state index contributed by atoms with van der Waals surface area (Å²) in [6, 6.07) is 5.99. The number of benzene rings is 1. The zero-order chi connectivity index (χ0) is 34.8. The molecule has 2 aliphatic rings. The number of allylic oxidation sites excluding steroid dienone is 2. The molecule has 4 rings (SSSR count). The molecule has 0 fully saturated rings. The van der Waals surface area contributed by atoms with Crippen LogP contribution in [0, 0.1) is 0 Å². The smallest absolute Gasteiger partial charge is 0.482 e. The first-order valence-electron chi connectivity index (χ1n) is 15.9. The molecule has 0 amide bonds. The minimum atomic E-state index is -4.45. The zero-order valence-corrected chi connectivity index (χ0v) is 29.7. The van der Waals surface area contributed by atoms with Crippen LogP contribution in [0.2, 0.25) is 0 Å². The SMILES string of the molecule is COc1ccc2c(CCN(C)C)cn(COP(=O)(OCOC(=O)C3=CN(C(C)C)C=CC3)OCOC(=O)C3=CN(C(C)C)C=CC3)c2c1. The fourth-order valence-corrected chi connectivity index (χ4v) is 5.77. The molecule has 0 unspecified atom stereocenters. The fourth-order valence-electron chi connectivity index (χ4n) is 4.91. The van der Waals surface area contributed by atoms with E-state index in [1.54, 1.807) is 24.1 Å². The van der Waals surface area contributed by atoms with Crippen molar-refractivity contribution in [1.29, 1.82) is 0 Å². The number of hydrogen-bond acceptors (Lipinski definition) is 12. The Labute approximate surface area is 282 Å². The highest BCUT2D eigenvalue weighted by molar-refractivity contribution is 7.48. The number of phosphoric acid groups is 1. The van der Waals surface area contributed by atoms with Gasteiger partial charge in [0, 0.05) is 73.9 Å². The summed E-state index contributed by atoms with van der Waals surface area (Å²) in [4.78, 5) is 31.4. The largest absolute Gasteiger partial charge is 0.497 e. The highest BCUT2D eigenvalue weighted by Gasteiger charge is 2.30. The Balaban J connectivity index is 1.48. The minimum Gasteiger partial charge on any atom is -0.497 e. The molecule has 48 heavy (non-hydrogen) atoms. The minimum absolute atomic E-state index is 0.146. The van der Waals surface area contributed by atoms with Gasteiger partial charge in [-0.2, -0.15) is 0 Å². The average molecular weight is 687 g/mol. The number of likely N-dealkylation sites (N-methyl/N-ethyl adjacent to an activating group) is 1. The molecule has 2 aromatic rings. The van der Waals surface area contributed by atoms with Gasteiger partial charge in [-0.25, -0.2) is 23.2 Å². The van der Waals surface area contributed by atoms with Crippen LogP contribution in [-0.4, -0.2) is 84.6 Å². The van der Waals surface area contributed by atoms with Crippen molar-refractivity contribution in [2.24, 2.45) is 0 Å². The van der Waals surface area contributed by atoms with Crippen molar-refractivity contribution in [2.75, 3.05) is 41.3 Å². The number of methoxy groups -OCH3 is 1. The predicted octanol–water partition coefficient (Wildman–Crippen LogP) is 5.89. The third-order valence-corrected chi connectivity index (χ3v) is 8.99. The Morgan fingerprint density at radius 3 is 1.94 bits per heavy atom. The normalized spacial score (nSPS) is 15.0. The molecule has 0 saturated heterocycles. The number of aromatic nitrogens is 1. The van der Waals surface area contributed by atoms with Gasteiger partial charge in [-0.1, -0.05) is 12.2 Å². The maximum atomic E-state index is 13.9. The van der Waals surface area contributed by atoms with Gasteiger partial charge in [-0.05, 0) is 65.9 Å². The Bertz CT molecular complexity index is 1540. The summed E-state index contributed by atoms with van der Waals surface area (Å²) < 4.78 is 48.3. The standard InChI is InChI=1S/C34H47N4O9P/c1-25(2)36-15-8-10-28(20-36)33(39)43-23-46-48(41,47-24-44-34(40)29-11-9-16-37(21-29)26(3)4)45-22-38-19-27(14-17-35(5)6)31-13-12-30(42-7)18-32(31)38/h8-9,12-13,15-16,18-21,25-26H,10-11,14,17,22-24H2,1-7H3. The van der Waals surface area contributed by atoms with E-state index in [2.05, 4.69) is 4.90 Å². The highest BCUT2D eigenvalue weighted by atomic mass is 31.2. The zero-order valence-electron chi connectivity index (χ0n) is 28.8. The molecule has 0 N–H and O–H groups in total. The number of ether oxygens (including phenoxy) is 3. The molecule has 0 saturated carbocycles. The molecule has 14 heteroatoms. The lowest BCUT2D eigenvalue weighted by molar-refractivity contribution is -0.149. The van der Waals surface area contributed by atoms with E-state index in [-0.39, 0.29) is 18.8 Å². The Hall–Kier alpha value is -3.87. The van der Waals surface area contributed by atoms with Crippen molar-refractivity contribution in [1.82, 2.24) is 19.3 Å². The molecular formula is C34H47N4O9P. The van der Waals surface area contributed by atoms with E-state index in [9.17, 15) is 14.2 Å². The van der Waals surface area contributed by atoms with Gasteiger partial charge in [0.25, 0.3) is 0 Å². The lowest BCUT2D eigenvalue weighted by atomic mass is 10.1. The van der Waals surface area contributed by atoms with Gasteiger partial charge < -0.3 is 33.5 Å². The van der Waals surface area contributed by atoms with Crippen molar-refractivity contribution >= 4 is 30.7 Å². The number of fused-ring (bicyclic) bond motifs is 1. The second-order valence-electron chi connectivity index (χ2n) is 12.2. The van der Waals surface area contributed by atoms with Crippen molar-refractivity contribution in [2.45, 2.75) is 65.8 Å². The Morgan fingerprint density at radius 1 is 0.875 bits per heavy atom. The lowest BCUT2D eigenvalue weighted by Gasteiger charge is -2.25. The molecule has 0 atom stereocenters. The van der Waals surface area contributed by atoms with E-state index < -0.39 is 33.3 Å². The van der Waals surface area contributed by atoms with Crippen molar-refractivity contribution < 1.29 is 41.9 Å². The molecule has 0 aliphatic carbocycles. The van der Waals surface area contributed by atoms with Gasteiger partial charge in [0.15, 0.2) is 0 Å².